The van der Waals surface area contributed by atoms with Gasteiger partial charge in [-0.05, 0) is 12.6 Å². The van der Waals surface area contributed by atoms with Crippen molar-refractivity contribution in [3.05, 3.63) is 35.6 Å². The van der Waals surface area contributed by atoms with Gasteiger partial charge in [0.1, 0.15) is 11.9 Å². The molecule has 1 aliphatic heterocycles. The van der Waals surface area contributed by atoms with Gasteiger partial charge >= 0.3 is 0 Å². The maximum atomic E-state index is 13.8. The highest BCUT2D eigenvalue weighted by atomic mass is 19.1. The predicted octanol–water partition coefficient (Wildman–Crippen LogP) is 1.89. The molecular formula is C13H18FNO2. The van der Waals surface area contributed by atoms with Crippen molar-refractivity contribution in [2.75, 3.05) is 26.4 Å². The van der Waals surface area contributed by atoms with Crippen molar-refractivity contribution >= 4 is 0 Å². The van der Waals surface area contributed by atoms with Crippen LogP contribution in [0.4, 0.5) is 4.39 Å². The lowest BCUT2D eigenvalue weighted by Crippen LogP contribution is -2.41. The number of hydrogen-bond acceptors (Lipinski definition) is 3. The minimum Gasteiger partial charge on any atom is -0.376 e. The fourth-order valence-electron chi connectivity index (χ4n) is 2.09. The fourth-order valence-corrected chi connectivity index (χ4v) is 2.09. The first-order valence-electron chi connectivity index (χ1n) is 6.00. The molecule has 94 valence electrons. The predicted molar refractivity (Wildman–Crippen MR) is 63.4 cm³/mol. The molecule has 1 heterocycles. The summed E-state index contributed by atoms with van der Waals surface area (Å²) in [7, 11) is 0. The number of hydrogen-bond donors (Lipinski definition) is 1. The molecule has 0 spiro atoms. The normalized spacial score (nSPS) is 22.4. The number of ether oxygens (including phenoxy) is 2. The zero-order valence-electron chi connectivity index (χ0n) is 9.99. The van der Waals surface area contributed by atoms with Crippen LogP contribution >= 0.6 is 0 Å². The van der Waals surface area contributed by atoms with Crippen LogP contribution < -0.4 is 5.32 Å². The number of nitrogens with one attached hydrogen (secondary N) is 1. The van der Waals surface area contributed by atoms with Gasteiger partial charge in [-0.2, -0.15) is 0 Å². The molecule has 0 aromatic heterocycles. The van der Waals surface area contributed by atoms with Gasteiger partial charge in [-0.25, -0.2) is 4.39 Å². The highest BCUT2D eigenvalue weighted by Gasteiger charge is 2.27. The minimum atomic E-state index is -0.201. The average molecular weight is 239 g/mol. The van der Waals surface area contributed by atoms with E-state index in [0.29, 0.717) is 25.4 Å². The number of likely N-dealkylation sites (N-methyl/N-ethyl adjacent to an activating group) is 1. The van der Waals surface area contributed by atoms with Crippen molar-refractivity contribution in [3.8, 4) is 0 Å². The quantitative estimate of drug-likeness (QED) is 0.870. The molecule has 1 N–H and O–H groups in total. The second-order valence-corrected chi connectivity index (χ2v) is 4.04. The van der Waals surface area contributed by atoms with Gasteiger partial charge < -0.3 is 14.8 Å². The topological polar surface area (TPSA) is 30.5 Å². The molecular weight excluding hydrogens is 221 g/mol. The van der Waals surface area contributed by atoms with Crippen molar-refractivity contribution in [3.63, 3.8) is 0 Å². The average Bonchev–Trinajstić information content (AvgIpc) is 2.38. The van der Waals surface area contributed by atoms with E-state index in [1.807, 2.05) is 13.0 Å². The molecule has 0 saturated carbocycles. The summed E-state index contributed by atoms with van der Waals surface area (Å²) in [6.45, 7) is 4.45. The molecule has 2 rings (SSSR count). The fraction of sp³-hybridized carbons (Fsp3) is 0.538. The molecule has 1 aromatic carbocycles. The van der Waals surface area contributed by atoms with E-state index in [2.05, 4.69) is 5.32 Å². The summed E-state index contributed by atoms with van der Waals surface area (Å²) >= 11 is 0. The molecule has 4 heteroatoms. The summed E-state index contributed by atoms with van der Waals surface area (Å²) in [5, 5.41) is 3.26. The third-order valence-electron chi connectivity index (χ3n) is 2.88. The lowest BCUT2D eigenvalue weighted by Gasteiger charge is -2.31. The van der Waals surface area contributed by atoms with E-state index in [-0.39, 0.29) is 18.0 Å². The van der Waals surface area contributed by atoms with E-state index in [1.54, 1.807) is 12.1 Å². The summed E-state index contributed by atoms with van der Waals surface area (Å²) in [4.78, 5) is 0. The van der Waals surface area contributed by atoms with Crippen LogP contribution in [0.2, 0.25) is 0 Å². The van der Waals surface area contributed by atoms with Crippen LogP contribution in [0.3, 0.4) is 0 Å². The standard InChI is InChI=1S/C13H18FNO2/c1-2-15-13(12-9-16-7-8-17-12)10-5-3-4-6-11(10)14/h3-6,12-13,15H,2,7-9H2,1H3. The molecule has 1 aliphatic rings. The van der Waals surface area contributed by atoms with Crippen LogP contribution in [-0.4, -0.2) is 32.5 Å². The Labute approximate surface area is 101 Å². The first-order valence-corrected chi connectivity index (χ1v) is 6.00. The molecule has 1 saturated heterocycles. The molecule has 2 atom stereocenters. The summed E-state index contributed by atoms with van der Waals surface area (Å²) in [6.07, 6.45) is -0.124. The number of halogens is 1. The summed E-state index contributed by atoms with van der Waals surface area (Å²) < 4.78 is 24.8. The van der Waals surface area contributed by atoms with Crippen LogP contribution in [0, 0.1) is 5.82 Å². The van der Waals surface area contributed by atoms with E-state index in [4.69, 9.17) is 9.47 Å². The molecule has 0 aliphatic carbocycles. The maximum absolute atomic E-state index is 13.8. The molecule has 17 heavy (non-hydrogen) atoms. The van der Waals surface area contributed by atoms with E-state index in [0.717, 1.165) is 6.54 Å². The molecule has 2 unspecified atom stereocenters. The second kappa shape index (κ2) is 6.10. The van der Waals surface area contributed by atoms with Crippen LogP contribution in [0.5, 0.6) is 0 Å². The van der Waals surface area contributed by atoms with Gasteiger partial charge in [0.15, 0.2) is 0 Å². The van der Waals surface area contributed by atoms with Crippen LogP contribution in [-0.2, 0) is 9.47 Å². The van der Waals surface area contributed by atoms with Crippen molar-refractivity contribution in [2.24, 2.45) is 0 Å². The molecule has 0 radical (unpaired) electrons. The second-order valence-electron chi connectivity index (χ2n) is 4.04. The molecule has 1 aromatic rings. The SMILES string of the molecule is CCNC(c1ccccc1F)C1COCCO1. The first kappa shape index (κ1) is 12.5. The molecule has 3 nitrogen and oxygen atoms in total. The molecule has 0 bridgehead atoms. The number of benzene rings is 1. The highest BCUT2D eigenvalue weighted by molar-refractivity contribution is 5.22. The minimum absolute atomic E-state index is 0.124. The van der Waals surface area contributed by atoms with Gasteiger partial charge in [-0.3, -0.25) is 0 Å². The van der Waals surface area contributed by atoms with E-state index in [1.165, 1.54) is 6.07 Å². The van der Waals surface area contributed by atoms with Crippen molar-refractivity contribution in [2.45, 2.75) is 19.1 Å². The van der Waals surface area contributed by atoms with Gasteiger partial charge in [0, 0.05) is 5.56 Å². The van der Waals surface area contributed by atoms with Crippen molar-refractivity contribution in [1.29, 1.82) is 0 Å². The first-order chi connectivity index (χ1) is 8.33. The Bertz CT molecular complexity index is 353. The third kappa shape index (κ3) is 3.03. The Morgan fingerprint density at radius 2 is 2.24 bits per heavy atom. The Kier molecular flexibility index (Phi) is 4.48. The van der Waals surface area contributed by atoms with E-state index in [9.17, 15) is 4.39 Å². The number of rotatable bonds is 4. The Morgan fingerprint density at radius 3 is 2.88 bits per heavy atom. The van der Waals surface area contributed by atoms with E-state index >= 15 is 0 Å². The third-order valence-corrected chi connectivity index (χ3v) is 2.88. The van der Waals surface area contributed by atoms with E-state index < -0.39 is 0 Å². The van der Waals surface area contributed by atoms with Gasteiger partial charge in [-0.15, -0.1) is 0 Å². The summed E-state index contributed by atoms with van der Waals surface area (Å²) in [6, 6.07) is 6.65. The van der Waals surface area contributed by atoms with Gasteiger partial charge in [0.25, 0.3) is 0 Å². The van der Waals surface area contributed by atoms with Gasteiger partial charge in [0.2, 0.25) is 0 Å². The van der Waals surface area contributed by atoms with Crippen molar-refractivity contribution < 1.29 is 13.9 Å². The lowest BCUT2D eigenvalue weighted by molar-refractivity contribution is -0.102. The Morgan fingerprint density at radius 1 is 1.41 bits per heavy atom. The largest absolute Gasteiger partial charge is 0.376 e. The molecule has 1 fully saturated rings. The van der Waals surface area contributed by atoms with Crippen LogP contribution in [0.15, 0.2) is 24.3 Å². The van der Waals surface area contributed by atoms with Crippen LogP contribution in [0.25, 0.3) is 0 Å². The van der Waals surface area contributed by atoms with Gasteiger partial charge in [-0.1, -0.05) is 25.1 Å². The van der Waals surface area contributed by atoms with Gasteiger partial charge in [0.05, 0.1) is 25.9 Å². The van der Waals surface area contributed by atoms with Crippen LogP contribution in [0.1, 0.15) is 18.5 Å². The monoisotopic (exact) mass is 239 g/mol. The Hall–Kier alpha value is -0.970. The summed E-state index contributed by atoms with van der Waals surface area (Å²) in [5.41, 5.74) is 0.643. The van der Waals surface area contributed by atoms with Crippen molar-refractivity contribution in [1.82, 2.24) is 5.32 Å². The maximum Gasteiger partial charge on any atom is 0.128 e. The zero-order valence-corrected chi connectivity index (χ0v) is 9.99. The zero-order chi connectivity index (χ0) is 12.1. The highest BCUT2D eigenvalue weighted by Crippen LogP contribution is 2.23. The summed E-state index contributed by atoms with van der Waals surface area (Å²) in [5.74, 6) is -0.201. The smallest absolute Gasteiger partial charge is 0.128 e. The molecule has 0 amide bonds. The Balaban J connectivity index is 2.18. The lowest BCUT2D eigenvalue weighted by atomic mass is 10.0.